The number of carbonyl (C=O) groups is 2. The molecule has 0 fully saturated rings. The lowest BCUT2D eigenvalue weighted by Crippen LogP contribution is -2.21. The molecule has 0 heterocycles. The summed E-state index contributed by atoms with van der Waals surface area (Å²) in [5.41, 5.74) is 1.93. The van der Waals surface area contributed by atoms with Crippen LogP contribution in [-0.2, 0) is 0 Å². The number of benzene rings is 1. The van der Waals surface area contributed by atoms with Gasteiger partial charge < -0.3 is 5.11 Å². The molecule has 1 aromatic rings. The van der Waals surface area contributed by atoms with Crippen molar-refractivity contribution in [3.63, 3.8) is 0 Å². The van der Waals surface area contributed by atoms with Gasteiger partial charge >= 0.3 is 5.97 Å². The van der Waals surface area contributed by atoms with Crippen LogP contribution in [0.2, 0.25) is 0 Å². The number of rotatable bonds is 2. The summed E-state index contributed by atoms with van der Waals surface area (Å²) < 4.78 is 0. The number of aryl methyl sites for hydroxylation is 1. The summed E-state index contributed by atoms with van der Waals surface area (Å²) in [7, 11) is 0. The topological polar surface area (TPSA) is 86.6 Å². The lowest BCUT2D eigenvalue weighted by molar-refractivity contribution is 0.0662. The van der Waals surface area contributed by atoms with Gasteiger partial charge in [-0.1, -0.05) is 11.6 Å². The highest BCUT2D eigenvalue weighted by atomic mass is 16.5. The van der Waals surface area contributed by atoms with E-state index in [2.05, 4.69) is 0 Å². The van der Waals surface area contributed by atoms with E-state index in [0.29, 0.717) is 0 Å². The number of amides is 1. The van der Waals surface area contributed by atoms with Crippen LogP contribution in [0.25, 0.3) is 0 Å². The minimum absolute atomic E-state index is 0.0643. The van der Waals surface area contributed by atoms with E-state index < -0.39 is 11.9 Å². The van der Waals surface area contributed by atoms with Crippen molar-refractivity contribution in [2.75, 3.05) is 0 Å². The quantitative estimate of drug-likeness (QED) is 0.481. The molecule has 0 aromatic heterocycles. The molecular formula is C9H9NO4. The third-order valence-electron chi connectivity index (χ3n) is 1.75. The minimum Gasteiger partial charge on any atom is -0.478 e. The van der Waals surface area contributed by atoms with E-state index in [1.54, 1.807) is 13.0 Å². The highest BCUT2D eigenvalue weighted by Crippen LogP contribution is 2.11. The molecule has 0 radical (unpaired) electrons. The zero-order valence-electron chi connectivity index (χ0n) is 7.44. The zero-order chi connectivity index (χ0) is 10.7. The SMILES string of the molecule is Cc1ccc(C(=O)NO)c(C(=O)O)c1. The molecule has 1 rings (SSSR count). The first-order chi connectivity index (χ1) is 6.56. The van der Waals surface area contributed by atoms with Gasteiger partial charge in [-0.2, -0.15) is 0 Å². The van der Waals surface area contributed by atoms with Crippen LogP contribution in [0, 0.1) is 6.92 Å². The summed E-state index contributed by atoms with van der Waals surface area (Å²) in [5, 5.41) is 17.1. The normalized spacial score (nSPS) is 9.57. The molecule has 0 atom stereocenters. The van der Waals surface area contributed by atoms with Crippen LogP contribution in [0.4, 0.5) is 0 Å². The standard InChI is InChI=1S/C9H9NO4/c1-5-2-3-6(8(11)10-14)7(4-5)9(12)13/h2-4,14H,1H3,(H,10,11)(H,12,13). The summed E-state index contributed by atoms with van der Waals surface area (Å²) in [5.74, 6) is -2.03. The first-order valence-corrected chi connectivity index (χ1v) is 3.84. The van der Waals surface area contributed by atoms with Crippen molar-refractivity contribution in [3.8, 4) is 0 Å². The summed E-state index contributed by atoms with van der Waals surface area (Å²) in [6, 6.07) is 4.31. The molecule has 0 unspecified atom stereocenters. The maximum absolute atomic E-state index is 11.0. The van der Waals surface area contributed by atoms with Crippen LogP contribution in [0.5, 0.6) is 0 Å². The molecule has 14 heavy (non-hydrogen) atoms. The molecule has 3 N–H and O–H groups in total. The average molecular weight is 195 g/mol. The van der Waals surface area contributed by atoms with Crippen LogP contribution in [0.1, 0.15) is 26.3 Å². The Hall–Kier alpha value is -1.88. The Kier molecular flexibility index (Phi) is 2.83. The molecular weight excluding hydrogens is 186 g/mol. The smallest absolute Gasteiger partial charge is 0.336 e. The predicted octanol–water partition coefficient (Wildman–Crippen LogP) is 0.812. The van der Waals surface area contributed by atoms with E-state index in [4.69, 9.17) is 10.3 Å². The fourth-order valence-corrected chi connectivity index (χ4v) is 1.09. The Morgan fingerprint density at radius 1 is 1.29 bits per heavy atom. The van der Waals surface area contributed by atoms with Crippen molar-refractivity contribution in [3.05, 3.63) is 34.9 Å². The maximum Gasteiger partial charge on any atom is 0.336 e. The Morgan fingerprint density at radius 3 is 2.43 bits per heavy atom. The highest BCUT2D eigenvalue weighted by Gasteiger charge is 2.15. The van der Waals surface area contributed by atoms with Crippen LogP contribution < -0.4 is 5.48 Å². The predicted molar refractivity (Wildman–Crippen MR) is 47.4 cm³/mol. The van der Waals surface area contributed by atoms with Gasteiger partial charge in [0, 0.05) is 0 Å². The summed E-state index contributed by atoms with van der Waals surface area (Å²) in [6.07, 6.45) is 0. The molecule has 0 spiro atoms. The van der Waals surface area contributed by atoms with Crippen molar-refractivity contribution in [2.24, 2.45) is 0 Å². The fraction of sp³-hybridized carbons (Fsp3) is 0.111. The van der Waals surface area contributed by atoms with Crippen molar-refractivity contribution in [2.45, 2.75) is 6.92 Å². The van der Waals surface area contributed by atoms with Gasteiger partial charge in [-0.3, -0.25) is 10.0 Å². The largest absolute Gasteiger partial charge is 0.478 e. The van der Waals surface area contributed by atoms with E-state index in [0.717, 1.165) is 5.56 Å². The van der Waals surface area contributed by atoms with Crippen molar-refractivity contribution >= 4 is 11.9 Å². The van der Waals surface area contributed by atoms with E-state index >= 15 is 0 Å². The Labute approximate surface area is 79.9 Å². The van der Waals surface area contributed by atoms with E-state index in [9.17, 15) is 9.59 Å². The second-order valence-electron chi connectivity index (χ2n) is 2.80. The number of carbonyl (C=O) groups excluding carboxylic acids is 1. The molecule has 0 bridgehead atoms. The lowest BCUT2D eigenvalue weighted by Gasteiger charge is -2.04. The molecule has 0 saturated heterocycles. The number of aromatic carboxylic acids is 1. The van der Waals surface area contributed by atoms with Crippen molar-refractivity contribution < 1.29 is 19.9 Å². The van der Waals surface area contributed by atoms with E-state index in [-0.39, 0.29) is 11.1 Å². The van der Waals surface area contributed by atoms with Gasteiger partial charge in [-0.15, -0.1) is 0 Å². The molecule has 5 heteroatoms. The molecule has 5 nitrogen and oxygen atoms in total. The molecule has 0 aliphatic rings. The van der Waals surface area contributed by atoms with Crippen LogP contribution in [-0.4, -0.2) is 22.2 Å². The Morgan fingerprint density at radius 2 is 1.93 bits per heavy atom. The van der Waals surface area contributed by atoms with Gasteiger partial charge in [0.2, 0.25) is 0 Å². The van der Waals surface area contributed by atoms with Crippen LogP contribution >= 0.6 is 0 Å². The Balaban J connectivity index is 3.28. The number of hydroxylamine groups is 1. The van der Waals surface area contributed by atoms with Gasteiger partial charge in [0.25, 0.3) is 5.91 Å². The van der Waals surface area contributed by atoms with Gasteiger partial charge in [0.1, 0.15) is 0 Å². The molecule has 0 saturated carbocycles. The lowest BCUT2D eigenvalue weighted by atomic mass is 10.0. The summed E-state index contributed by atoms with van der Waals surface area (Å²) in [6.45, 7) is 1.72. The van der Waals surface area contributed by atoms with Crippen molar-refractivity contribution in [1.82, 2.24) is 5.48 Å². The van der Waals surface area contributed by atoms with Crippen LogP contribution in [0.15, 0.2) is 18.2 Å². The zero-order valence-corrected chi connectivity index (χ0v) is 7.44. The monoisotopic (exact) mass is 195 g/mol. The number of nitrogens with one attached hydrogen (secondary N) is 1. The molecule has 0 aliphatic carbocycles. The fourth-order valence-electron chi connectivity index (χ4n) is 1.09. The molecule has 1 amide bonds. The number of hydrogen-bond acceptors (Lipinski definition) is 3. The summed E-state index contributed by atoms with van der Waals surface area (Å²) >= 11 is 0. The van der Waals surface area contributed by atoms with E-state index in [1.807, 2.05) is 0 Å². The van der Waals surface area contributed by atoms with Gasteiger partial charge in [0.15, 0.2) is 0 Å². The minimum atomic E-state index is -1.20. The van der Waals surface area contributed by atoms with E-state index in [1.165, 1.54) is 17.6 Å². The maximum atomic E-state index is 11.0. The van der Waals surface area contributed by atoms with Gasteiger partial charge in [-0.05, 0) is 19.1 Å². The summed E-state index contributed by atoms with van der Waals surface area (Å²) in [4.78, 5) is 21.8. The number of hydrogen-bond donors (Lipinski definition) is 3. The Bertz CT molecular complexity index is 386. The third-order valence-corrected chi connectivity index (χ3v) is 1.75. The number of carboxylic acid groups (broad SMARTS) is 1. The van der Waals surface area contributed by atoms with Crippen molar-refractivity contribution in [1.29, 1.82) is 0 Å². The molecule has 74 valence electrons. The first kappa shape index (κ1) is 10.2. The van der Waals surface area contributed by atoms with Gasteiger partial charge in [0.05, 0.1) is 11.1 Å². The highest BCUT2D eigenvalue weighted by molar-refractivity contribution is 6.04. The second-order valence-corrected chi connectivity index (χ2v) is 2.80. The first-order valence-electron chi connectivity index (χ1n) is 3.84. The number of carboxylic acids is 1. The van der Waals surface area contributed by atoms with Gasteiger partial charge in [-0.25, -0.2) is 10.3 Å². The average Bonchev–Trinajstić information content (AvgIpc) is 2.16. The second kappa shape index (κ2) is 3.89. The van der Waals surface area contributed by atoms with Crippen LogP contribution in [0.3, 0.4) is 0 Å². The third kappa shape index (κ3) is 1.89. The molecule has 1 aromatic carbocycles. The molecule has 0 aliphatic heterocycles.